The summed E-state index contributed by atoms with van der Waals surface area (Å²) in [4.78, 5) is 0. The van der Waals surface area contributed by atoms with Crippen molar-refractivity contribution in [2.45, 2.75) is 115 Å². The van der Waals surface area contributed by atoms with Crippen molar-refractivity contribution < 1.29 is 0 Å². The second kappa shape index (κ2) is 7.87. The van der Waals surface area contributed by atoms with Crippen molar-refractivity contribution in [3.63, 3.8) is 0 Å². The van der Waals surface area contributed by atoms with Gasteiger partial charge in [-0.15, -0.1) is 6.58 Å². The maximum absolute atomic E-state index is 4.14. The van der Waals surface area contributed by atoms with Crippen LogP contribution in [0.1, 0.15) is 115 Å². The largest absolute Gasteiger partial charge is 0.103 e. The highest BCUT2D eigenvalue weighted by Gasteiger charge is 2.50. The minimum atomic E-state index is 0.146. The summed E-state index contributed by atoms with van der Waals surface area (Å²) in [5, 5.41) is 0. The van der Waals surface area contributed by atoms with Crippen LogP contribution in [0.15, 0.2) is 12.7 Å². The van der Waals surface area contributed by atoms with Crippen LogP contribution in [-0.2, 0) is 0 Å². The van der Waals surface area contributed by atoms with Crippen LogP contribution >= 0.6 is 0 Å². The fourth-order valence-electron chi connectivity index (χ4n) is 5.46. The number of rotatable bonds is 7. The Morgan fingerprint density at radius 1 is 0.741 bits per heavy atom. The van der Waals surface area contributed by atoms with Gasteiger partial charge in [0.15, 0.2) is 0 Å². The lowest BCUT2D eigenvalue weighted by Gasteiger charge is -2.56. The van der Waals surface area contributed by atoms with Crippen molar-refractivity contribution in [2.24, 2.45) is 44.8 Å². The molecule has 1 rings (SSSR count). The second-order valence-electron chi connectivity index (χ2n) is 13.3. The van der Waals surface area contributed by atoms with E-state index < -0.39 is 0 Å². The maximum atomic E-state index is 4.14. The number of hydrogen-bond donors (Lipinski definition) is 0. The van der Waals surface area contributed by atoms with Crippen LogP contribution in [0.2, 0.25) is 0 Å². The number of allylic oxidation sites excluding steroid dienone is 1. The molecule has 0 nitrogen and oxygen atoms in total. The van der Waals surface area contributed by atoms with Crippen molar-refractivity contribution in [1.29, 1.82) is 0 Å². The van der Waals surface area contributed by atoms with E-state index >= 15 is 0 Å². The molecule has 3 atom stereocenters. The summed E-state index contributed by atoms with van der Waals surface area (Å²) >= 11 is 0. The summed E-state index contributed by atoms with van der Waals surface area (Å²) in [7, 11) is 0. The van der Waals surface area contributed by atoms with Crippen LogP contribution < -0.4 is 0 Å². The topological polar surface area (TPSA) is 0 Å². The molecule has 0 spiro atoms. The molecule has 160 valence electrons. The quantitative estimate of drug-likeness (QED) is 0.388. The molecule has 1 aliphatic rings. The van der Waals surface area contributed by atoms with Gasteiger partial charge >= 0.3 is 0 Å². The third-order valence-corrected chi connectivity index (χ3v) is 9.51. The molecular weight excluding hydrogens is 324 g/mol. The molecule has 0 N–H and O–H groups in total. The molecule has 27 heavy (non-hydrogen) atoms. The molecule has 1 saturated carbocycles. The van der Waals surface area contributed by atoms with Gasteiger partial charge in [0.1, 0.15) is 0 Å². The highest BCUT2D eigenvalue weighted by molar-refractivity contribution is 5.04. The van der Waals surface area contributed by atoms with Gasteiger partial charge in [-0.2, -0.15) is 0 Å². The molecule has 0 bridgehead atoms. The minimum Gasteiger partial charge on any atom is -0.103 e. The van der Waals surface area contributed by atoms with Crippen LogP contribution in [-0.4, -0.2) is 0 Å². The zero-order chi connectivity index (χ0) is 21.5. The van der Waals surface area contributed by atoms with Gasteiger partial charge in [-0.25, -0.2) is 0 Å². The normalized spacial score (nSPS) is 26.1. The zero-order valence-corrected chi connectivity index (χ0v) is 21.1. The summed E-state index contributed by atoms with van der Waals surface area (Å²) in [6.07, 6.45) is 9.00. The first kappa shape index (κ1) is 24.8. The molecule has 0 aromatic carbocycles. The molecule has 0 heterocycles. The Labute approximate surface area is 173 Å². The van der Waals surface area contributed by atoms with Crippen molar-refractivity contribution >= 4 is 0 Å². The van der Waals surface area contributed by atoms with Crippen molar-refractivity contribution in [1.82, 2.24) is 0 Å². The van der Waals surface area contributed by atoms with Crippen LogP contribution in [0.25, 0.3) is 0 Å². The molecule has 0 saturated heterocycles. The van der Waals surface area contributed by atoms with Gasteiger partial charge in [-0.3, -0.25) is 0 Å². The monoisotopic (exact) mass is 376 g/mol. The van der Waals surface area contributed by atoms with Gasteiger partial charge in [0.2, 0.25) is 0 Å². The van der Waals surface area contributed by atoms with Crippen molar-refractivity contribution in [3.8, 4) is 0 Å². The molecule has 0 aliphatic heterocycles. The van der Waals surface area contributed by atoms with Crippen LogP contribution in [0.4, 0.5) is 0 Å². The van der Waals surface area contributed by atoms with Crippen LogP contribution in [0.3, 0.4) is 0 Å². The molecule has 1 aliphatic carbocycles. The Morgan fingerprint density at radius 2 is 1.22 bits per heavy atom. The zero-order valence-electron chi connectivity index (χ0n) is 21.1. The summed E-state index contributed by atoms with van der Waals surface area (Å²) in [6.45, 7) is 33.7. The van der Waals surface area contributed by atoms with Crippen molar-refractivity contribution in [3.05, 3.63) is 12.7 Å². The first-order valence-corrected chi connectivity index (χ1v) is 11.5. The Kier molecular flexibility index (Phi) is 7.22. The molecule has 0 aromatic heterocycles. The highest BCUT2D eigenvalue weighted by atomic mass is 14.5. The molecule has 0 amide bonds. The summed E-state index contributed by atoms with van der Waals surface area (Å²) in [6, 6.07) is 0. The number of hydrogen-bond acceptors (Lipinski definition) is 0. The van der Waals surface area contributed by atoms with Gasteiger partial charge in [-0.1, -0.05) is 95.6 Å². The first-order chi connectivity index (χ1) is 11.9. The molecule has 0 aromatic rings. The third-order valence-electron chi connectivity index (χ3n) is 9.51. The van der Waals surface area contributed by atoms with Gasteiger partial charge in [0, 0.05) is 0 Å². The highest BCUT2D eigenvalue weighted by Crippen LogP contribution is 2.59. The van der Waals surface area contributed by atoms with Gasteiger partial charge in [-0.05, 0) is 70.5 Å². The molecule has 0 heteroatoms. The Balaban J connectivity index is 3.15. The van der Waals surface area contributed by atoms with Crippen LogP contribution in [0.5, 0.6) is 0 Å². The van der Waals surface area contributed by atoms with Gasteiger partial charge in [0.05, 0.1) is 0 Å². The smallest absolute Gasteiger partial charge is 0.0126 e. The van der Waals surface area contributed by atoms with E-state index in [1.54, 1.807) is 0 Å². The van der Waals surface area contributed by atoms with E-state index in [0.717, 1.165) is 17.8 Å². The lowest BCUT2D eigenvalue weighted by molar-refractivity contribution is -0.0583. The van der Waals surface area contributed by atoms with Gasteiger partial charge in [0.25, 0.3) is 0 Å². The second-order valence-corrected chi connectivity index (χ2v) is 13.3. The third kappa shape index (κ3) is 5.22. The lowest BCUT2D eigenvalue weighted by atomic mass is 9.49. The Bertz CT molecular complexity index is 495. The Morgan fingerprint density at radius 3 is 1.63 bits per heavy atom. The summed E-state index contributed by atoms with van der Waals surface area (Å²) in [5.74, 6) is 2.58. The molecule has 1 fully saturated rings. The van der Waals surface area contributed by atoms with E-state index in [0.29, 0.717) is 16.2 Å². The SMILES string of the molecule is C=CC(C)(C)C(C)(C)CC(C)(C)C(C)(C)C1CC(CC)CC(C(C)(C)C)C1. The standard InChI is InChI=1S/C27H52/c1-14-20-16-21(23(3,4)5)18-22(17-20)27(12,13)26(10,11)19-25(8,9)24(6,7)15-2/h15,20-22H,2,14,16-19H2,1,3-13H3. The predicted octanol–water partition coefficient (Wildman–Crippen LogP) is 9.16. The average molecular weight is 377 g/mol. The van der Waals surface area contributed by atoms with E-state index in [-0.39, 0.29) is 10.8 Å². The van der Waals surface area contributed by atoms with E-state index in [2.05, 4.69) is 95.7 Å². The van der Waals surface area contributed by atoms with Crippen molar-refractivity contribution in [2.75, 3.05) is 0 Å². The minimum absolute atomic E-state index is 0.146. The fourth-order valence-corrected chi connectivity index (χ4v) is 5.46. The summed E-state index contributed by atoms with van der Waals surface area (Å²) < 4.78 is 0. The molecule has 3 unspecified atom stereocenters. The molecule has 0 radical (unpaired) electrons. The van der Waals surface area contributed by atoms with Gasteiger partial charge < -0.3 is 0 Å². The van der Waals surface area contributed by atoms with E-state index in [1.807, 2.05) is 0 Å². The van der Waals surface area contributed by atoms with E-state index in [9.17, 15) is 0 Å². The average Bonchev–Trinajstić information content (AvgIpc) is 2.52. The van der Waals surface area contributed by atoms with Crippen LogP contribution in [0, 0.1) is 44.8 Å². The predicted molar refractivity (Wildman–Crippen MR) is 124 cm³/mol. The summed E-state index contributed by atoms with van der Waals surface area (Å²) in [5.41, 5.74) is 1.43. The van der Waals surface area contributed by atoms with E-state index in [4.69, 9.17) is 0 Å². The fraction of sp³-hybridized carbons (Fsp3) is 0.926. The molecular formula is C27H52. The Hall–Kier alpha value is -0.260. The maximum Gasteiger partial charge on any atom is -0.0126 e. The van der Waals surface area contributed by atoms with E-state index in [1.165, 1.54) is 32.1 Å². The first-order valence-electron chi connectivity index (χ1n) is 11.5. The lowest BCUT2D eigenvalue weighted by Crippen LogP contribution is -2.47.